The highest BCUT2D eigenvalue weighted by molar-refractivity contribution is 5.92. The first-order chi connectivity index (χ1) is 10.2. The monoisotopic (exact) mass is 288 g/mol. The van der Waals surface area contributed by atoms with Crippen molar-refractivity contribution in [2.24, 2.45) is 7.05 Å². The molecule has 1 aliphatic heterocycles. The molecule has 0 bridgehead atoms. The van der Waals surface area contributed by atoms with E-state index in [2.05, 4.69) is 20.5 Å². The zero-order valence-electron chi connectivity index (χ0n) is 11.8. The van der Waals surface area contributed by atoms with Crippen molar-refractivity contribution in [2.75, 3.05) is 6.54 Å². The topological polar surface area (TPSA) is 89.9 Å². The Morgan fingerprint density at radius 1 is 1.38 bits per heavy atom. The molecule has 1 atom stereocenters. The molecule has 1 amide bonds. The highest BCUT2D eigenvalue weighted by Gasteiger charge is 2.37. The first-order valence-corrected chi connectivity index (χ1v) is 7.23. The summed E-state index contributed by atoms with van der Waals surface area (Å²) >= 11 is 0. The SMILES string of the molecule is Cn1cc(C(=O)N2CCCC2c2nc(C3CC3)no2)nn1. The van der Waals surface area contributed by atoms with E-state index in [1.807, 2.05) is 0 Å². The molecule has 0 N–H and O–H groups in total. The van der Waals surface area contributed by atoms with Crippen molar-refractivity contribution in [1.82, 2.24) is 30.0 Å². The molecule has 0 radical (unpaired) electrons. The van der Waals surface area contributed by atoms with E-state index >= 15 is 0 Å². The predicted octanol–water partition coefficient (Wildman–Crippen LogP) is 1.05. The zero-order valence-corrected chi connectivity index (χ0v) is 11.8. The average molecular weight is 288 g/mol. The predicted molar refractivity (Wildman–Crippen MR) is 70.3 cm³/mol. The Morgan fingerprint density at radius 2 is 2.24 bits per heavy atom. The maximum atomic E-state index is 12.5. The molecule has 1 saturated carbocycles. The van der Waals surface area contributed by atoms with E-state index in [1.54, 1.807) is 18.1 Å². The molecule has 1 aliphatic carbocycles. The first-order valence-electron chi connectivity index (χ1n) is 7.23. The summed E-state index contributed by atoms with van der Waals surface area (Å²) in [5.74, 6) is 1.65. The fraction of sp³-hybridized carbons (Fsp3) is 0.615. The Balaban J connectivity index is 1.57. The van der Waals surface area contributed by atoms with Gasteiger partial charge < -0.3 is 9.42 Å². The van der Waals surface area contributed by atoms with Crippen molar-refractivity contribution in [3.8, 4) is 0 Å². The van der Waals surface area contributed by atoms with Crippen molar-refractivity contribution < 1.29 is 9.32 Å². The highest BCUT2D eigenvalue weighted by Crippen LogP contribution is 2.39. The molecule has 1 saturated heterocycles. The number of hydrogen-bond donors (Lipinski definition) is 0. The number of aryl methyl sites for hydroxylation is 1. The summed E-state index contributed by atoms with van der Waals surface area (Å²) in [7, 11) is 1.74. The molecule has 21 heavy (non-hydrogen) atoms. The van der Waals surface area contributed by atoms with E-state index in [0.29, 0.717) is 24.0 Å². The molecule has 2 aliphatic rings. The van der Waals surface area contributed by atoms with Gasteiger partial charge in [-0.05, 0) is 25.7 Å². The summed E-state index contributed by atoms with van der Waals surface area (Å²) in [5, 5.41) is 11.7. The van der Waals surface area contributed by atoms with Crippen LogP contribution in [0.4, 0.5) is 0 Å². The standard InChI is InChI=1S/C13H16N6O2/c1-18-7-9(15-17-18)13(20)19-6-2-3-10(19)12-14-11(16-21-12)8-4-5-8/h7-8,10H,2-6H2,1H3. The lowest BCUT2D eigenvalue weighted by atomic mass is 10.2. The summed E-state index contributed by atoms with van der Waals surface area (Å²) in [6.07, 6.45) is 5.66. The number of rotatable bonds is 3. The van der Waals surface area contributed by atoms with Crippen LogP contribution in [0.25, 0.3) is 0 Å². The number of amides is 1. The number of likely N-dealkylation sites (tertiary alicyclic amines) is 1. The van der Waals surface area contributed by atoms with Crippen LogP contribution >= 0.6 is 0 Å². The molecule has 1 unspecified atom stereocenters. The van der Waals surface area contributed by atoms with Gasteiger partial charge in [0.05, 0.1) is 6.20 Å². The van der Waals surface area contributed by atoms with Gasteiger partial charge >= 0.3 is 0 Å². The van der Waals surface area contributed by atoms with Gasteiger partial charge in [0.25, 0.3) is 5.91 Å². The normalized spacial score (nSPS) is 22.0. The summed E-state index contributed by atoms with van der Waals surface area (Å²) in [6, 6.07) is -0.139. The third kappa shape index (κ3) is 2.20. The van der Waals surface area contributed by atoms with Crippen LogP contribution in [0.15, 0.2) is 10.7 Å². The van der Waals surface area contributed by atoms with Crippen molar-refractivity contribution in [1.29, 1.82) is 0 Å². The van der Waals surface area contributed by atoms with E-state index in [9.17, 15) is 4.79 Å². The molecule has 0 spiro atoms. The Kier molecular flexibility index (Phi) is 2.76. The average Bonchev–Trinajstić information content (AvgIpc) is 2.94. The van der Waals surface area contributed by atoms with Gasteiger partial charge in [-0.25, -0.2) is 0 Å². The van der Waals surface area contributed by atoms with Gasteiger partial charge in [0.2, 0.25) is 5.89 Å². The number of nitrogens with zero attached hydrogens (tertiary/aromatic N) is 6. The summed E-state index contributed by atoms with van der Waals surface area (Å²) in [6.45, 7) is 0.682. The van der Waals surface area contributed by atoms with E-state index in [0.717, 1.165) is 31.5 Å². The summed E-state index contributed by atoms with van der Waals surface area (Å²) < 4.78 is 6.90. The third-order valence-electron chi connectivity index (χ3n) is 4.02. The number of carbonyl (C=O) groups is 1. The molecule has 8 nitrogen and oxygen atoms in total. The van der Waals surface area contributed by atoms with Crippen LogP contribution in [0.1, 0.15) is 59.8 Å². The van der Waals surface area contributed by atoms with Crippen molar-refractivity contribution in [3.05, 3.63) is 23.6 Å². The van der Waals surface area contributed by atoms with Gasteiger partial charge in [-0.2, -0.15) is 4.98 Å². The number of aromatic nitrogens is 5. The Morgan fingerprint density at radius 3 is 2.95 bits per heavy atom. The fourth-order valence-electron chi connectivity index (χ4n) is 2.75. The molecule has 0 aromatic carbocycles. The van der Waals surface area contributed by atoms with E-state index < -0.39 is 0 Å². The molecule has 2 aromatic rings. The summed E-state index contributed by atoms with van der Waals surface area (Å²) in [4.78, 5) is 18.7. The molecule has 3 heterocycles. The maximum absolute atomic E-state index is 12.5. The van der Waals surface area contributed by atoms with Gasteiger partial charge in [-0.15, -0.1) is 5.10 Å². The van der Waals surface area contributed by atoms with Crippen LogP contribution in [-0.2, 0) is 7.05 Å². The van der Waals surface area contributed by atoms with Crippen LogP contribution in [-0.4, -0.2) is 42.5 Å². The Hall–Kier alpha value is -2.25. The maximum Gasteiger partial charge on any atom is 0.276 e. The van der Waals surface area contributed by atoms with Crippen LogP contribution in [0.2, 0.25) is 0 Å². The van der Waals surface area contributed by atoms with Crippen molar-refractivity contribution in [3.63, 3.8) is 0 Å². The second-order valence-corrected chi connectivity index (χ2v) is 5.70. The minimum absolute atomic E-state index is 0.128. The molecule has 110 valence electrons. The smallest absolute Gasteiger partial charge is 0.276 e. The largest absolute Gasteiger partial charge is 0.337 e. The third-order valence-corrected chi connectivity index (χ3v) is 4.02. The lowest BCUT2D eigenvalue weighted by molar-refractivity contribution is 0.0704. The highest BCUT2D eigenvalue weighted by atomic mass is 16.5. The summed E-state index contributed by atoms with van der Waals surface area (Å²) in [5.41, 5.74) is 0.353. The Labute approximate surface area is 121 Å². The second kappa shape index (κ2) is 4.64. The Bertz CT molecular complexity index is 674. The molecular weight excluding hydrogens is 272 g/mol. The quantitative estimate of drug-likeness (QED) is 0.838. The molecular formula is C13H16N6O2. The van der Waals surface area contributed by atoms with Crippen LogP contribution in [0.5, 0.6) is 0 Å². The minimum Gasteiger partial charge on any atom is -0.337 e. The van der Waals surface area contributed by atoms with E-state index in [-0.39, 0.29) is 11.9 Å². The number of hydrogen-bond acceptors (Lipinski definition) is 6. The van der Waals surface area contributed by atoms with Crippen molar-refractivity contribution in [2.45, 2.75) is 37.6 Å². The van der Waals surface area contributed by atoms with Crippen molar-refractivity contribution >= 4 is 5.91 Å². The lowest BCUT2D eigenvalue weighted by Gasteiger charge is -2.20. The zero-order chi connectivity index (χ0) is 14.4. The van der Waals surface area contributed by atoms with E-state index in [1.165, 1.54) is 4.68 Å². The fourth-order valence-corrected chi connectivity index (χ4v) is 2.75. The lowest BCUT2D eigenvalue weighted by Crippen LogP contribution is -2.31. The van der Waals surface area contributed by atoms with Gasteiger partial charge in [-0.1, -0.05) is 10.4 Å². The molecule has 2 aromatic heterocycles. The van der Waals surface area contributed by atoms with Crippen LogP contribution < -0.4 is 0 Å². The van der Waals surface area contributed by atoms with Gasteiger partial charge in [-0.3, -0.25) is 9.48 Å². The van der Waals surface area contributed by atoms with Crippen LogP contribution in [0, 0.1) is 0 Å². The van der Waals surface area contributed by atoms with Gasteiger partial charge in [0.15, 0.2) is 11.5 Å². The van der Waals surface area contributed by atoms with Crippen LogP contribution in [0.3, 0.4) is 0 Å². The number of carbonyl (C=O) groups excluding carboxylic acids is 1. The first kappa shape index (κ1) is 12.5. The van der Waals surface area contributed by atoms with Gasteiger partial charge in [0, 0.05) is 19.5 Å². The van der Waals surface area contributed by atoms with Gasteiger partial charge in [0.1, 0.15) is 6.04 Å². The molecule has 8 heteroatoms. The molecule has 4 rings (SSSR count). The minimum atomic E-state index is -0.139. The molecule has 2 fully saturated rings. The van der Waals surface area contributed by atoms with E-state index in [4.69, 9.17) is 4.52 Å². The second-order valence-electron chi connectivity index (χ2n) is 5.70.